The van der Waals surface area contributed by atoms with Crippen molar-refractivity contribution in [2.45, 2.75) is 26.4 Å². The van der Waals surface area contributed by atoms with Crippen LogP contribution in [0.5, 0.6) is 0 Å². The van der Waals surface area contributed by atoms with E-state index in [1.807, 2.05) is 0 Å². The van der Waals surface area contributed by atoms with Crippen molar-refractivity contribution in [1.29, 1.82) is 0 Å². The van der Waals surface area contributed by atoms with Crippen molar-refractivity contribution < 1.29 is 29.3 Å². The number of carboxylic acids is 2. The largest absolute Gasteiger partial charge is 0.481 e. The second kappa shape index (κ2) is 5.89. The van der Waals surface area contributed by atoms with Gasteiger partial charge in [-0.25, -0.2) is 4.79 Å². The van der Waals surface area contributed by atoms with Crippen LogP contribution in [-0.4, -0.2) is 34.2 Å². The molecule has 0 aromatic heterocycles. The molecule has 0 aliphatic heterocycles. The highest BCUT2D eigenvalue weighted by atomic mass is 16.5. The summed E-state index contributed by atoms with van der Waals surface area (Å²) in [7, 11) is 0. The van der Waals surface area contributed by atoms with Gasteiger partial charge in [-0.15, -0.1) is 0 Å². The monoisotopic (exact) mass is 230 g/mol. The van der Waals surface area contributed by atoms with Crippen molar-refractivity contribution >= 4 is 17.9 Å². The number of hydrogen-bond acceptors (Lipinski definition) is 4. The van der Waals surface area contributed by atoms with E-state index in [-0.39, 0.29) is 12.0 Å². The van der Waals surface area contributed by atoms with Crippen LogP contribution in [0.25, 0.3) is 0 Å². The Morgan fingerprint density at radius 3 is 2.00 bits per heavy atom. The zero-order valence-electron chi connectivity index (χ0n) is 9.10. The molecule has 0 bridgehead atoms. The summed E-state index contributed by atoms with van der Waals surface area (Å²) >= 11 is 0. The van der Waals surface area contributed by atoms with E-state index in [9.17, 15) is 14.4 Å². The number of aliphatic carboxylic acids is 2. The van der Waals surface area contributed by atoms with Crippen LogP contribution in [0.3, 0.4) is 0 Å². The average Bonchev–Trinajstić information content (AvgIpc) is 2.12. The molecule has 0 rings (SSSR count). The van der Waals surface area contributed by atoms with E-state index in [0.29, 0.717) is 0 Å². The predicted octanol–water partition coefficient (Wildman–Crippen LogP) is 0.670. The number of carboxylic acid groups (broad SMARTS) is 2. The van der Waals surface area contributed by atoms with Gasteiger partial charge < -0.3 is 14.9 Å². The lowest BCUT2D eigenvalue weighted by Gasteiger charge is -2.15. The van der Waals surface area contributed by atoms with Crippen LogP contribution in [0, 0.1) is 5.92 Å². The summed E-state index contributed by atoms with van der Waals surface area (Å²) in [6.07, 6.45) is -1.06. The maximum Gasteiger partial charge on any atom is 0.333 e. The molecule has 6 heteroatoms. The highest BCUT2D eigenvalue weighted by Crippen LogP contribution is 2.11. The molecular formula is C10H14O6. The minimum atomic E-state index is -1.58. The summed E-state index contributed by atoms with van der Waals surface area (Å²) in [6.45, 7) is 6.23. The summed E-state index contributed by atoms with van der Waals surface area (Å²) in [5, 5.41) is 17.2. The second-order valence-corrected chi connectivity index (χ2v) is 3.46. The highest BCUT2D eigenvalue weighted by Gasteiger charge is 2.29. The average molecular weight is 230 g/mol. The lowest BCUT2D eigenvalue weighted by Crippen LogP contribution is -2.29. The van der Waals surface area contributed by atoms with Crippen molar-refractivity contribution in [2.24, 2.45) is 5.92 Å². The molecule has 6 nitrogen and oxygen atoms in total. The first-order valence-electron chi connectivity index (χ1n) is 4.57. The molecular weight excluding hydrogens is 216 g/mol. The van der Waals surface area contributed by atoms with Gasteiger partial charge in [-0.2, -0.15) is 0 Å². The van der Waals surface area contributed by atoms with Gasteiger partial charge in [0.25, 0.3) is 0 Å². The van der Waals surface area contributed by atoms with Gasteiger partial charge in [-0.3, -0.25) is 9.59 Å². The molecule has 90 valence electrons. The minimum absolute atomic E-state index is 0.175. The molecule has 0 spiro atoms. The van der Waals surface area contributed by atoms with Crippen LogP contribution in [0.1, 0.15) is 20.3 Å². The van der Waals surface area contributed by atoms with E-state index >= 15 is 0 Å². The Labute approximate surface area is 92.5 Å². The SMILES string of the molecule is C=C(C)C(=O)OC(C)CC(C(=O)O)C(=O)O. The molecule has 2 N–H and O–H groups in total. The summed E-state index contributed by atoms with van der Waals surface area (Å²) in [5.41, 5.74) is 0.175. The van der Waals surface area contributed by atoms with Gasteiger partial charge in [0.1, 0.15) is 6.10 Å². The van der Waals surface area contributed by atoms with Crippen LogP contribution in [0.4, 0.5) is 0 Å². The second-order valence-electron chi connectivity index (χ2n) is 3.46. The lowest BCUT2D eigenvalue weighted by atomic mass is 10.0. The quantitative estimate of drug-likeness (QED) is 0.395. The van der Waals surface area contributed by atoms with Gasteiger partial charge in [0.2, 0.25) is 0 Å². The fourth-order valence-electron chi connectivity index (χ4n) is 0.971. The maximum atomic E-state index is 11.1. The topological polar surface area (TPSA) is 101 Å². The van der Waals surface area contributed by atoms with Crippen molar-refractivity contribution in [3.63, 3.8) is 0 Å². The Morgan fingerprint density at radius 1 is 1.25 bits per heavy atom. The van der Waals surface area contributed by atoms with Crippen molar-refractivity contribution in [3.8, 4) is 0 Å². The van der Waals surface area contributed by atoms with E-state index in [1.165, 1.54) is 13.8 Å². The van der Waals surface area contributed by atoms with Crippen LogP contribution in [0.2, 0.25) is 0 Å². The van der Waals surface area contributed by atoms with Gasteiger partial charge in [0.05, 0.1) is 0 Å². The minimum Gasteiger partial charge on any atom is -0.481 e. The molecule has 16 heavy (non-hydrogen) atoms. The zero-order valence-corrected chi connectivity index (χ0v) is 9.10. The normalized spacial score (nSPS) is 11.9. The molecule has 0 fully saturated rings. The fraction of sp³-hybridized carbons (Fsp3) is 0.500. The lowest BCUT2D eigenvalue weighted by molar-refractivity contribution is -0.159. The van der Waals surface area contributed by atoms with E-state index < -0.39 is 29.9 Å². The molecule has 0 amide bonds. The number of rotatable bonds is 6. The van der Waals surface area contributed by atoms with Gasteiger partial charge in [0.15, 0.2) is 5.92 Å². The first-order valence-corrected chi connectivity index (χ1v) is 4.57. The standard InChI is InChI=1S/C10H14O6/c1-5(2)10(15)16-6(3)4-7(8(11)12)9(13)14/h6-7H,1,4H2,2-3H3,(H,11,12)(H,13,14). The Bertz CT molecular complexity index is 305. The first-order chi connectivity index (χ1) is 7.25. The molecule has 1 atom stereocenters. The summed E-state index contributed by atoms with van der Waals surface area (Å²) in [5.74, 6) is -5.15. The van der Waals surface area contributed by atoms with E-state index in [4.69, 9.17) is 14.9 Å². The third-order valence-corrected chi connectivity index (χ3v) is 1.82. The third kappa shape index (κ3) is 4.59. The van der Waals surface area contributed by atoms with Crippen molar-refractivity contribution in [1.82, 2.24) is 0 Å². The molecule has 0 saturated heterocycles. The third-order valence-electron chi connectivity index (χ3n) is 1.82. The number of ether oxygens (including phenoxy) is 1. The molecule has 0 radical (unpaired) electrons. The smallest absolute Gasteiger partial charge is 0.333 e. The van der Waals surface area contributed by atoms with Gasteiger partial charge in [0, 0.05) is 12.0 Å². The van der Waals surface area contributed by atoms with Crippen molar-refractivity contribution in [2.75, 3.05) is 0 Å². The van der Waals surface area contributed by atoms with Gasteiger partial charge in [-0.05, 0) is 13.8 Å². The van der Waals surface area contributed by atoms with Crippen LogP contribution in [0.15, 0.2) is 12.2 Å². The summed E-state index contributed by atoms with van der Waals surface area (Å²) in [4.78, 5) is 32.2. The first kappa shape index (κ1) is 14.2. The molecule has 0 aliphatic carbocycles. The number of esters is 1. The van der Waals surface area contributed by atoms with Gasteiger partial charge in [-0.1, -0.05) is 6.58 Å². The maximum absolute atomic E-state index is 11.1. The Kier molecular flexibility index (Phi) is 5.21. The number of hydrogen-bond donors (Lipinski definition) is 2. The predicted molar refractivity (Wildman–Crippen MR) is 53.7 cm³/mol. The summed E-state index contributed by atoms with van der Waals surface area (Å²) in [6, 6.07) is 0. The number of carbonyl (C=O) groups is 3. The van der Waals surface area contributed by atoms with E-state index in [2.05, 4.69) is 6.58 Å². The molecule has 1 unspecified atom stereocenters. The van der Waals surface area contributed by atoms with Crippen LogP contribution < -0.4 is 0 Å². The Balaban J connectivity index is 4.36. The molecule has 0 aliphatic rings. The van der Waals surface area contributed by atoms with Crippen LogP contribution >= 0.6 is 0 Å². The number of carbonyl (C=O) groups excluding carboxylic acids is 1. The van der Waals surface area contributed by atoms with E-state index in [0.717, 1.165) is 0 Å². The molecule has 0 heterocycles. The van der Waals surface area contributed by atoms with Crippen LogP contribution in [-0.2, 0) is 19.1 Å². The molecule has 0 aromatic carbocycles. The Hall–Kier alpha value is -1.85. The van der Waals surface area contributed by atoms with Gasteiger partial charge >= 0.3 is 17.9 Å². The van der Waals surface area contributed by atoms with E-state index in [1.54, 1.807) is 0 Å². The highest BCUT2D eigenvalue weighted by molar-refractivity contribution is 5.93. The Morgan fingerprint density at radius 2 is 1.69 bits per heavy atom. The molecule has 0 aromatic rings. The fourth-order valence-corrected chi connectivity index (χ4v) is 0.971. The molecule has 0 saturated carbocycles. The summed E-state index contributed by atoms with van der Waals surface area (Å²) < 4.78 is 4.78. The van der Waals surface area contributed by atoms with Crippen molar-refractivity contribution in [3.05, 3.63) is 12.2 Å². The zero-order chi connectivity index (χ0) is 12.9.